The predicted molar refractivity (Wildman–Crippen MR) is 112 cm³/mol. The summed E-state index contributed by atoms with van der Waals surface area (Å²) < 4.78 is 7.80. The van der Waals surface area contributed by atoms with Gasteiger partial charge in [-0.25, -0.2) is 9.78 Å². The number of imidazole rings is 1. The molecule has 1 amide bonds. The number of carbonyl (C=O) groups is 1. The van der Waals surface area contributed by atoms with Crippen molar-refractivity contribution in [1.29, 1.82) is 5.26 Å². The Morgan fingerprint density at radius 2 is 2.00 bits per heavy atom. The lowest BCUT2D eigenvalue weighted by atomic mass is 9.99. The highest BCUT2D eigenvalue weighted by molar-refractivity contribution is 6.30. The largest absolute Gasteiger partial charge is 0.444 e. The third kappa shape index (κ3) is 4.73. The van der Waals surface area contributed by atoms with Crippen molar-refractivity contribution in [3.8, 4) is 6.07 Å². The molecule has 154 valence electrons. The second-order valence-electron chi connectivity index (χ2n) is 8.25. The van der Waals surface area contributed by atoms with Crippen molar-refractivity contribution in [3.05, 3.63) is 52.1 Å². The molecule has 6 nitrogen and oxygen atoms in total. The van der Waals surface area contributed by atoms with Gasteiger partial charge in [-0.2, -0.15) is 5.26 Å². The summed E-state index contributed by atoms with van der Waals surface area (Å²) in [5.41, 5.74) is 2.06. The number of hydrogen-bond donors (Lipinski definition) is 0. The lowest BCUT2D eigenvalue weighted by Crippen LogP contribution is -2.45. The summed E-state index contributed by atoms with van der Waals surface area (Å²) in [6.45, 7) is 8.87. The van der Waals surface area contributed by atoms with Gasteiger partial charge in [0.2, 0.25) is 0 Å². The van der Waals surface area contributed by atoms with Crippen molar-refractivity contribution >= 4 is 17.7 Å². The Hall–Kier alpha value is -2.52. The number of amides is 1. The zero-order valence-corrected chi connectivity index (χ0v) is 18.2. The van der Waals surface area contributed by atoms with Gasteiger partial charge in [0, 0.05) is 19.5 Å². The monoisotopic (exact) mass is 414 g/mol. The van der Waals surface area contributed by atoms with Gasteiger partial charge in [-0.1, -0.05) is 30.7 Å². The molecule has 1 aliphatic heterocycles. The quantitative estimate of drug-likeness (QED) is 0.713. The summed E-state index contributed by atoms with van der Waals surface area (Å²) >= 11 is 6.51. The van der Waals surface area contributed by atoms with Crippen LogP contribution in [0.1, 0.15) is 62.8 Å². The molecule has 0 aliphatic carbocycles. The number of hydrogen-bond acceptors (Lipinski definition) is 4. The van der Waals surface area contributed by atoms with Crippen LogP contribution in [0, 0.1) is 11.3 Å². The van der Waals surface area contributed by atoms with Crippen LogP contribution in [-0.2, 0) is 24.1 Å². The van der Waals surface area contributed by atoms with Gasteiger partial charge in [0.1, 0.15) is 11.4 Å². The summed E-state index contributed by atoms with van der Waals surface area (Å²) in [4.78, 5) is 19.2. The van der Waals surface area contributed by atoms with E-state index in [2.05, 4.69) is 22.5 Å². The molecule has 0 radical (unpaired) electrons. The average molecular weight is 415 g/mol. The number of halogens is 1. The molecule has 0 saturated heterocycles. The van der Waals surface area contributed by atoms with E-state index in [1.54, 1.807) is 4.90 Å². The van der Waals surface area contributed by atoms with Gasteiger partial charge < -0.3 is 9.30 Å². The molecule has 1 aromatic heterocycles. The minimum atomic E-state index is -0.565. The van der Waals surface area contributed by atoms with Gasteiger partial charge in [-0.05, 0) is 51.3 Å². The molecule has 0 N–H and O–H groups in total. The molecule has 1 unspecified atom stereocenters. The van der Waals surface area contributed by atoms with E-state index in [4.69, 9.17) is 21.6 Å². The maximum Gasteiger partial charge on any atom is 0.410 e. The van der Waals surface area contributed by atoms with Gasteiger partial charge in [0.25, 0.3) is 0 Å². The van der Waals surface area contributed by atoms with Crippen LogP contribution in [-0.4, -0.2) is 32.7 Å². The number of benzene rings is 1. The van der Waals surface area contributed by atoms with E-state index < -0.39 is 5.60 Å². The van der Waals surface area contributed by atoms with Gasteiger partial charge in [-0.15, -0.1) is 0 Å². The molecule has 0 fully saturated rings. The Morgan fingerprint density at radius 3 is 2.59 bits per heavy atom. The Morgan fingerprint density at radius 1 is 1.31 bits per heavy atom. The van der Waals surface area contributed by atoms with Crippen LogP contribution >= 0.6 is 11.6 Å². The first kappa shape index (κ1) is 21.2. The van der Waals surface area contributed by atoms with E-state index >= 15 is 0 Å². The van der Waals surface area contributed by atoms with Crippen LogP contribution in [0.2, 0.25) is 5.15 Å². The first-order valence-corrected chi connectivity index (χ1v) is 10.3. The lowest BCUT2D eigenvalue weighted by Gasteiger charge is -2.38. The first-order valence-electron chi connectivity index (χ1n) is 9.97. The summed E-state index contributed by atoms with van der Waals surface area (Å²) in [5, 5.41) is 9.44. The second-order valence-corrected chi connectivity index (χ2v) is 8.60. The number of nitriles is 1. The third-order valence-electron chi connectivity index (χ3n) is 5.03. The lowest BCUT2D eigenvalue weighted by molar-refractivity contribution is 0.00949. The summed E-state index contributed by atoms with van der Waals surface area (Å²) in [5.74, 6) is 0.942. The Bertz CT molecular complexity index is 922. The number of aromatic nitrogens is 2. The highest BCUT2D eigenvalue weighted by Gasteiger charge is 2.36. The number of fused-ring (bicyclic) bond motifs is 1. The second kappa shape index (κ2) is 8.46. The summed E-state index contributed by atoms with van der Waals surface area (Å²) in [6, 6.07) is 9.46. The van der Waals surface area contributed by atoms with Crippen LogP contribution < -0.4 is 0 Å². The van der Waals surface area contributed by atoms with E-state index in [9.17, 15) is 4.79 Å². The van der Waals surface area contributed by atoms with E-state index in [0.717, 1.165) is 29.9 Å². The van der Waals surface area contributed by atoms with Crippen LogP contribution in [0.3, 0.4) is 0 Å². The smallest absolute Gasteiger partial charge is 0.410 e. The predicted octanol–water partition coefficient (Wildman–Crippen LogP) is 4.90. The maximum absolute atomic E-state index is 12.9. The SMILES string of the molecule is CCc1nc(Cl)c2n1CCN(C(=O)OC(C)(C)C)C2CCc1ccc(C#N)cc1. The molecule has 1 aliphatic rings. The van der Waals surface area contributed by atoms with Crippen molar-refractivity contribution in [2.24, 2.45) is 0 Å². The molecular formula is C22H27ClN4O2. The van der Waals surface area contributed by atoms with Crippen molar-refractivity contribution < 1.29 is 9.53 Å². The number of carbonyl (C=O) groups excluding carboxylic acids is 1. The van der Waals surface area contributed by atoms with E-state index in [0.29, 0.717) is 30.2 Å². The molecule has 1 aromatic carbocycles. The fourth-order valence-corrected chi connectivity index (χ4v) is 4.04. The number of aryl methyl sites for hydroxylation is 2. The minimum Gasteiger partial charge on any atom is -0.444 e. The summed E-state index contributed by atoms with van der Waals surface area (Å²) in [6.07, 6.45) is 1.90. The Labute approximate surface area is 177 Å². The zero-order valence-electron chi connectivity index (χ0n) is 17.4. The highest BCUT2D eigenvalue weighted by atomic mass is 35.5. The number of rotatable bonds is 4. The van der Waals surface area contributed by atoms with E-state index in [-0.39, 0.29) is 12.1 Å². The van der Waals surface area contributed by atoms with Gasteiger partial charge >= 0.3 is 6.09 Å². The molecule has 2 aromatic rings. The first-order chi connectivity index (χ1) is 13.7. The van der Waals surface area contributed by atoms with Crippen LogP contribution in [0.25, 0.3) is 0 Å². The number of ether oxygens (including phenoxy) is 1. The van der Waals surface area contributed by atoms with Crippen molar-refractivity contribution in [1.82, 2.24) is 14.5 Å². The minimum absolute atomic E-state index is 0.213. The molecule has 7 heteroatoms. The third-order valence-corrected chi connectivity index (χ3v) is 5.31. The van der Waals surface area contributed by atoms with E-state index in [1.807, 2.05) is 45.0 Å². The van der Waals surface area contributed by atoms with Crippen molar-refractivity contribution in [3.63, 3.8) is 0 Å². The summed E-state index contributed by atoms with van der Waals surface area (Å²) in [7, 11) is 0. The van der Waals surface area contributed by atoms with E-state index in [1.165, 1.54) is 0 Å². The standard InChI is InChI=1S/C22H27ClN4O2/c1-5-18-25-20(23)19-17(11-10-15-6-8-16(14-24)9-7-15)26(12-13-27(18)19)21(28)29-22(2,3)4/h6-9,17H,5,10-13H2,1-4H3. The molecule has 0 spiro atoms. The molecule has 1 atom stereocenters. The fourth-order valence-electron chi connectivity index (χ4n) is 3.71. The van der Waals surface area contributed by atoms with Gasteiger partial charge in [-0.3, -0.25) is 4.90 Å². The van der Waals surface area contributed by atoms with Crippen molar-refractivity contribution in [2.75, 3.05) is 6.54 Å². The Kier molecular flexibility index (Phi) is 6.18. The molecule has 29 heavy (non-hydrogen) atoms. The van der Waals surface area contributed by atoms with Crippen LogP contribution in [0.15, 0.2) is 24.3 Å². The average Bonchev–Trinajstić information content (AvgIpc) is 3.01. The van der Waals surface area contributed by atoms with Gasteiger partial charge in [0.15, 0.2) is 5.15 Å². The molecule has 0 bridgehead atoms. The zero-order chi connectivity index (χ0) is 21.2. The van der Waals surface area contributed by atoms with Crippen LogP contribution in [0.5, 0.6) is 0 Å². The number of nitrogens with zero attached hydrogens (tertiary/aromatic N) is 4. The molecular weight excluding hydrogens is 388 g/mol. The normalized spacial score (nSPS) is 16.3. The molecule has 3 rings (SSSR count). The molecule has 2 heterocycles. The van der Waals surface area contributed by atoms with Crippen molar-refractivity contribution in [2.45, 2.75) is 65.1 Å². The maximum atomic E-state index is 12.9. The topological polar surface area (TPSA) is 71.2 Å². The Balaban J connectivity index is 1.89. The van der Waals surface area contributed by atoms with Gasteiger partial charge in [0.05, 0.1) is 23.4 Å². The highest BCUT2D eigenvalue weighted by Crippen LogP contribution is 2.36. The van der Waals surface area contributed by atoms with Crippen LogP contribution in [0.4, 0.5) is 4.79 Å². The fraction of sp³-hybridized carbons (Fsp3) is 0.500. The molecule has 0 saturated carbocycles.